The lowest BCUT2D eigenvalue weighted by Crippen LogP contribution is -2.07. The summed E-state index contributed by atoms with van der Waals surface area (Å²) in [5.41, 5.74) is 0. The SMILES string of the molecule is CCc1ccc(CC(C)C2OC2C)s1. The Morgan fingerprint density at radius 1 is 1.43 bits per heavy atom. The Bertz CT molecular complexity index is 305. The quantitative estimate of drug-likeness (QED) is 0.695. The summed E-state index contributed by atoms with van der Waals surface area (Å²) >= 11 is 1.95. The standard InChI is InChI=1S/C12H18OS/c1-4-10-5-6-11(14-10)7-8(2)12-9(3)13-12/h5-6,8-9,12H,4,7H2,1-3H3. The van der Waals surface area contributed by atoms with Crippen LogP contribution in [-0.4, -0.2) is 12.2 Å². The van der Waals surface area contributed by atoms with Crippen LogP contribution >= 0.6 is 11.3 Å². The lowest BCUT2D eigenvalue weighted by molar-refractivity contribution is 0.329. The Hall–Kier alpha value is -0.340. The van der Waals surface area contributed by atoms with E-state index in [9.17, 15) is 0 Å². The number of hydrogen-bond acceptors (Lipinski definition) is 2. The molecular weight excluding hydrogens is 192 g/mol. The average Bonchev–Trinajstić information content (AvgIpc) is 2.74. The van der Waals surface area contributed by atoms with Gasteiger partial charge in [-0.05, 0) is 37.8 Å². The highest BCUT2D eigenvalue weighted by Crippen LogP contribution is 2.32. The summed E-state index contributed by atoms with van der Waals surface area (Å²) in [5, 5.41) is 0. The molecule has 2 heteroatoms. The molecule has 14 heavy (non-hydrogen) atoms. The van der Waals surface area contributed by atoms with Gasteiger partial charge in [-0.15, -0.1) is 11.3 Å². The predicted molar refractivity (Wildman–Crippen MR) is 60.9 cm³/mol. The van der Waals surface area contributed by atoms with Gasteiger partial charge in [0.1, 0.15) is 0 Å². The molecule has 1 fully saturated rings. The smallest absolute Gasteiger partial charge is 0.0867 e. The molecule has 0 saturated carbocycles. The highest BCUT2D eigenvalue weighted by Gasteiger charge is 2.38. The van der Waals surface area contributed by atoms with Crippen LogP contribution in [-0.2, 0) is 17.6 Å². The number of epoxide rings is 1. The molecule has 1 aliphatic rings. The molecular formula is C12H18OS. The molecule has 0 N–H and O–H groups in total. The van der Waals surface area contributed by atoms with Crippen molar-refractivity contribution >= 4 is 11.3 Å². The lowest BCUT2D eigenvalue weighted by atomic mass is 10.0. The summed E-state index contributed by atoms with van der Waals surface area (Å²) in [6, 6.07) is 4.52. The minimum Gasteiger partial charge on any atom is -0.370 e. The van der Waals surface area contributed by atoms with Crippen molar-refractivity contribution in [2.24, 2.45) is 5.92 Å². The third-order valence-corrected chi connectivity index (χ3v) is 4.16. The van der Waals surface area contributed by atoms with Crippen molar-refractivity contribution in [1.82, 2.24) is 0 Å². The van der Waals surface area contributed by atoms with E-state index in [0.29, 0.717) is 18.1 Å². The molecule has 0 aromatic carbocycles. The predicted octanol–water partition coefficient (Wildman–Crippen LogP) is 3.28. The molecule has 3 atom stereocenters. The second kappa shape index (κ2) is 4.03. The maximum absolute atomic E-state index is 5.49. The van der Waals surface area contributed by atoms with E-state index in [0.717, 1.165) is 6.42 Å². The Kier molecular flexibility index (Phi) is 2.93. The van der Waals surface area contributed by atoms with Gasteiger partial charge < -0.3 is 4.74 Å². The van der Waals surface area contributed by atoms with Gasteiger partial charge in [0, 0.05) is 9.75 Å². The second-order valence-electron chi connectivity index (χ2n) is 4.21. The number of ether oxygens (including phenoxy) is 1. The van der Waals surface area contributed by atoms with Crippen molar-refractivity contribution in [2.75, 3.05) is 0 Å². The second-order valence-corrected chi connectivity index (χ2v) is 5.46. The molecule has 0 aliphatic carbocycles. The third-order valence-electron chi connectivity index (χ3n) is 2.91. The molecule has 0 bridgehead atoms. The van der Waals surface area contributed by atoms with Crippen molar-refractivity contribution in [3.05, 3.63) is 21.9 Å². The van der Waals surface area contributed by atoms with Crippen LogP contribution in [0.2, 0.25) is 0 Å². The van der Waals surface area contributed by atoms with E-state index in [1.54, 1.807) is 0 Å². The molecule has 3 unspecified atom stereocenters. The maximum Gasteiger partial charge on any atom is 0.0867 e. The first-order valence-corrected chi connectivity index (χ1v) is 6.25. The summed E-state index contributed by atoms with van der Waals surface area (Å²) < 4.78 is 5.49. The highest BCUT2D eigenvalue weighted by molar-refractivity contribution is 7.11. The molecule has 0 radical (unpaired) electrons. The van der Waals surface area contributed by atoms with Gasteiger partial charge in [0.05, 0.1) is 12.2 Å². The highest BCUT2D eigenvalue weighted by atomic mass is 32.1. The van der Waals surface area contributed by atoms with Crippen LogP contribution in [0, 0.1) is 5.92 Å². The van der Waals surface area contributed by atoms with Crippen molar-refractivity contribution in [2.45, 2.75) is 45.8 Å². The molecule has 1 saturated heterocycles. The number of hydrogen-bond donors (Lipinski definition) is 0. The van der Waals surface area contributed by atoms with E-state index >= 15 is 0 Å². The first-order valence-electron chi connectivity index (χ1n) is 5.43. The fraction of sp³-hybridized carbons (Fsp3) is 0.667. The molecule has 1 nitrogen and oxygen atoms in total. The molecule has 1 aromatic heterocycles. The first kappa shape index (κ1) is 10.2. The van der Waals surface area contributed by atoms with Gasteiger partial charge in [0.15, 0.2) is 0 Å². The van der Waals surface area contributed by atoms with Crippen LogP contribution < -0.4 is 0 Å². The van der Waals surface area contributed by atoms with Crippen molar-refractivity contribution in [3.8, 4) is 0 Å². The van der Waals surface area contributed by atoms with Crippen LogP contribution in [0.15, 0.2) is 12.1 Å². The minimum atomic E-state index is 0.496. The van der Waals surface area contributed by atoms with E-state index in [-0.39, 0.29) is 0 Å². The summed E-state index contributed by atoms with van der Waals surface area (Å²) in [7, 11) is 0. The van der Waals surface area contributed by atoms with Gasteiger partial charge in [-0.2, -0.15) is 0 Å². The van der Waals surface area contributed by atoms with Crippen LogP contribution in [0.5, 0.6) is 0 Å². The van der Waals surface area contributed by atoms with E-state index < -0.39 is 0 Å². The largest absolute Gasteiger partial charge is 0.370 e. The van der Waals surface area contributed by atoms with Gasteiger partial charge in [-0.25, -0.2) is 0 Å². The van der Waals surface area contributed by atoms with Crippen LogP contribution in [0.3, 0.4) is 0 Å². The topological polar surface area (TPSA) is 12.5 Å². The lowest BCUT2D eigenvalue weighted by Gasteiger charge is -2.05. The number of aryl methyl sites for hydroxylation is 1. The third kappa shape index (κ3) is 2.18. The molecule has 1 aliphatic heterocycles. The van der Waals surface area contributed by atoms with E-state index in [1.807, 2.05) is 11.3 Å². The minimum absolute atomic E-state index is 0.496. The molecule has 2 rings (SSSR count). The van der Waals surface area contributed by atoms with Crippen LogP contribution in [0.1, 0.15) is 30.5 Å². The first-order chi connectivity index (χ1) is 6.70. The van der Waals surface area contributed by atoms with Gasteiger partial charge >= 0.3 is 0 Å². The van der Waals surface area contributed by atoms with E-state index in [2.05, 4.69) is 32.9 Å². The average molecular weight is 210 g/mol. The van der Waals surface area contributed by atoms with Crippen molar-refractivity contribution in [3.63, 3.8) is 0 Å². The zero-order chi connectivity index (χ0) is 10.1. The summed E-state index contributed by atoms with van der Waals surface area (Å²) in [6.45, 7) is 6.66. The molecule has 1 aromatic rings. The summed E-state index contributed by atoms with van der Waals surface area (Å²) in [4.78, 5) is 3.01. The van der Waals surface area contributed by atoms with Gasteiger partial charge in [-0.3, -0.25) is 0 Å². The monoisotopic (exact) mass is 210 g/mol. The Labute approximate surface area is 90.1 Å². The summed E-state index contributed by atoms with van der Waals surface area (Å²) in [6.07, 6.45) is 3.35. The van der Waals surface area contributed by atoms with E-state index in [4.69, 9.17) is 4.74 Å². The van der Waals surface area contributed by atoms with Gasteiger partial charge in [0.25, 0.3) is 0 Å². The molecule has 78 valence electrons. The van der Waals surface area contributed by atoms with Crippen molar-refractivity contribution < 1.29 is 4.74 Å². The Balaban J connectivity index is 1.90. The van der Waals surface area contributed by atoms with Gasteiger partial charge in [0.2, 0.25) is 0 Å². The van der Waals surface area contributed by atoms with Gasteiger partial charge in [-0.1, -0.05) is 13.8 Å². The Morgan fingerprint density at radius 2 is 2.07 bits per heavy atom. The zero-order valence-electron chi connectivity index (χ0n) is 9.12. The fourth-order valence-electron chi connectivity index (χ4n) is 1.95. The van der Waals surface area contributed by atoms with Crippen LogP contribution in [0.25, 0.3) is 0 Å². The summed E-state index contributed by atoms with van der Waals surface area (Å²) in [5.74, 6) is 0.674. The number of thiophene rings is 1. The Morgan fingerprint density at radius 3 is 2.57 bits per heavy atom. The molecule has 0 amide bonds. The van der Waals surface area contributed by atoms with Crippen LogP contribution in [0.4, 0.5) is 0 Å². The fourth-order valence-corrected chi connectivity index (χ4v) is 3.05. The zero-order valence-corrected chi connectivity index (χ0v) is 9.93. The van der Waals surface area contributed by atoms with E-state index in [1.165, 1.54) is 16.2 Å². The van der Waals surface area contributed by atoms with Crippen molar-refractivity contribution in [1.29, 1.82) is 0 Å². The molecule has 0 spiro atoms. The molecule has 2 heterocycles. The number of rotatable bonds is 4. The normalized spacial score (nSPS) is 27.6. The maximum atomic E-state index is 5.49.